The van der Waals surface area contributed by atoms with E-state index in [9.17, 15) is 9.59 Å². The maximum absolute atomic E-state index is 13.7. The van der Waals surface area contributed by atoms with Gasteiger partial charge in [-0.05, 0) is 54.7 Å². The van der Waals surface area contributed by atoms with Crippen LogP contribution < -0.4 is 14.8 Å². The van der Waals surface area contributed by atoms with Crippen LogP contribution in [0.5, 0.6) is 11.5 Å². The molecule has 1 aliphatic rings. The van der Waals surface area contributed by atoms with Crippen LogP contribution in [0.1, 0.15) is 59.8 Å². The third kappa shape index (κ3) is 6.17. The summed E-state index contributed by atoms with van der Waals surface area (Å²) in [4.78, 5) is 33.1. The van der Waals surface area contributed by atoms with Crippen molar-refractivity contribution in [3.05, 3.63) is 65.7 Å². The first-order valence-corrected chi connectivity index (χ1v) is 12.8. The molecule has 1 N–H and O–H groups in total. The van der Waals surface area contributed by atoms with Gasteiger partial charge >= 0.3 is 0 Å². The number of carbonyl (C=O) groups excluding carboxylic acids is 2. The highest BCUT2D eigenvalue weighted by atomic mass is 32.1. The number of hydrogen-bond donors (Lipinski definition) is 1. The molecule has 1 unspecified atom stereocenters. The maximum Gasteiger partial charge on any atom is 0.276 e. The molecule has 4 rings (SSSR count). The molecule has 10 heteroatoms. The number of hydrogen-bond acceptors (Lipinski definition) is 8. The van der Waals surface area contributed by atoms with Gasteiger partial charge < -0.3 is 19.7 Å². The van der Waals surface area contributed by atoms with E-state index in [1.165, 1.54) is 12.6 Å². The number of amides is 2. The highest BCUT2D eigenvalue weighted by Crippen LogP contribution is 2.29. The summed E-state index contributed by atoms with van der Waals surface area (Å²) in [5, 5.41) is 3.21. The van der Waals surface area contributed by atoms with Gasteiger partial charge in [0.25, 0.3) is 5.91 Å². The Morgan fingerprint density at radius 1 is 1.08 bits per heavy atom. The largest absolute Gasteiger partial charge is 0.493 e. The van der Waals surface area contributed by atoms with E-state index in [4.69, 9.17) is 9.47 Å². The van der Waals surface area contributed by atoms with E-state index < -0.39 is 6.04 Å². The Morgan fingerprint density at radius 3 is 2.50 bits per heavy atom. The molecular weight excluding hydrogens is 478 g/mol. The Labute approximate surface area is 215 Å². The molecule has 1 saturated carbocycles. The van der Waals surface area contributed by atoms with Crippen molar-refractivity contribution in [2.24, 2.45) is 0 Å². The molecule has 1 atom stereocenters. The minimum atomic E-state index is -0.829. The quantitative estimate of drug-likeness (QED) is 0.443. The van der Waals surface area contributed by atoms with Gasteiger partial charge in [0, 0.05) is 25.0 Å². The van der Waals surface area contributed by atoms with E-state index in [1.807, 2.05) is 18.2 Å². The second-order valence-corrected chi connectivity index (χ2v) is 9.31. The zero-order chi connectivity index (χ0) is 25.3. The second-order valence-electron chi connectivity index (χ2n) is 8.76. The van der Waals surface area contributed by atoms with Gasteiger partial charge in [-0.2, -0.15) is 8.75 Å². The Kier molecular flexibility index (Phi) is 8.83. The average Bonchev–Trinajstić information content (AvgIpc) is 3.46. The van der Waals surface area contributed by atoms with E-state index in [-0.39, 0.29) is 30.1 Å². The summed E-state index contributed by atoms with van der Waals surface area (Å²) in [6.07, 6.45) is 10.5. The van der Waals surface area contributed by atoms with Crippen LogP contribution in [-0.2, 0) is 11.2 Å². The summed E-state index contributed by atoms with van der Waals surface area (Å²) in [5.41, 5.74) is 1.86. The van der Waals surface area contributed by atoms with Crippen LogP contribution in [0.3, 0.4) is 0 Å². The zero-order valence-corrected chi connectivity index (χ0v) is 21.4. The number of methoxy groups -OCH3 is 2. The van der Waals surface area contributed by atoms with Gasteiger partial charge in [-0.3, -0.25) is 14.6 Å². The third-order valence-electron chi connectivity index (χ3n) is 6.46. The van der Waals surface area contributed by atoms with Crippen LogP contribution in [0.2, 0.25) is 0 Å². The molecule has 190 valence electrons. The smallest absolute Gasteiger partial charge is 0.276 e. The van der Waals surface area contributed by atoms with E-state index >= 15 is 0 Å². The SMILES string of the molecule is COc1ccc(CCN(C(=O)c2cnsn2)C(C(=O)NC2CCCCC2)c2ccncc2)cc1OC. The average molecular weight is 510 g/mol. The van der Waals surface area contributed by atoms with Crippen LogP contribution >= 0.6 is 11.7 Å². The summed E-state index contributed by atoms with van der Waals surface area (Å²) < 4.78 is 18.9. The lowest BCUT2D eigenvalue weighted by Crippen LogP contribution is -2.47. The number of carbonyl (C=O) groups is 2. The van der Waals surface area contributed by atoms with Crippen LogP contribution in [0, 0.1) is 0 Å². The number of nitrogens with zero attached hydrogens (tertiary/aromatic N) is 4. The van der Waals surface area contributed by atoms with Crippen molar-refractivity contribution in [3.8, 4) is 11.5 Å². The van der Waals surface area contributed by atoms with Crippen molar-refractivity contribution in [1.29, 1.82) is 0 Å². The highest BCUT2D eigenvalue weighted by Gasteiger charge is 2.34. The lowest BCUT2D eigenvalue weighted by atomic mass is 9.94. The molecule has 0 aliphatic heterocycles. The number of ether oxygens (including phenoxy) is 2. The first kappa shape index (κ1) is 25.6. The van der Waals surface area contributed by atoms with Gasteiger partial charge in [-0.25, -0.2) is 0 Å². The summed E-state index contributed by atoms with van der Waals surface area (Å²) in [6, 6.07) is 8.49. The monoisotopic (exact) mass is 509 g/mol. The van der Waals surface area contributed by atoms with E-state index in [0.29, 0.717) is 23.5 Å². The zero-order valence-electron chi connectivity index (χ0n) is 20.6. The molecule has 0 bridgehead atoms. The summed E-state index contributed by atoms with van der Waals surface area (Å²) >= 11 is 0.965. The molecule has 0 saturated heterocycles. The van der Waals surface area contributed by atoms with Gasteiger partial charge in [0.15, 0.2) is 17.2 Å². The number of nitrogens with one attached hydrogen (secondary N) is 1. The summed E-state index contributed by atoms with van der Waals surface area (Å²) in [5.74, 6) is 0.698. The molecule has 1 aromatic carbocycles. The normalized spacial score (nSPS) is 14.6. The second kappa shape index (κ2) is 12.4. The minimum Gasteiger partial charge on any atom is -0.493 e. The first-order chi connectivity index (χ1) is 17.6. The molecule has 1 aliphatic carbocycles. The van der Waals surface area contributed by atoms with E-state index in [2.05, 4.69) is 19.0 Å². The predicted octanol–water partition coefficient (Wildman–Crippen LogP) is 3.83. The third-order valence-corrected chi connectivity index (χ3v) is 6.94. The lowest BCUT2D eigenvalue weighted by molar-refractivity contribution is -0.126. The topological polar surface area (TPSA) is 107 Å². The van der Waals surface area contributed by atoms with Crippen molar-refractivity contribution in [3.63, 3.8) is 0 Å². The van der Waals surface area contributed by atoms with Gasteiger partial charge in [-0.15, -0.1) is 0 Å². The fraction of sp³-hybridized carbons (Fsp3) is 0.423. The predicted molar refractivity (Wildman–Crippen MR) is 136 cm³/mol. The van der Waals surface area contributed by atoms with Gasteiger partial charge in [0.1, 0.15) is 6.04 Å². The Morgan fingerprint density at radius 2 is 1.83 bits per heavy atom. The molecule has 2 heterocycles. The van der Waals surface area contributed by atoms with Gasteiger partial charge in [-0.1, -0.05) is 25.3 Å². The number of benzene rings is 1. The molecule has 3 aromatic rings. The van der Waals surface area contributed by atoms with Crippen molar-refractivity contribution in [1.82, 2.24) is 23.9 Å². The van der Waals surface area contributed by atoms with E-state index in [0.717, 1.165) is 43.0 Å². The van der Waals surface area contributed by atoms with Crippen LogP contribution in [0.4, 0.5) is 0 Å². The van der Waals surface area contributed by atoms with Gasteiger partial charge in [0.2, 0.25) is 5.91 Å². The molecule has 2 amide bonds. The molecular formula is C26H31N5O4S. The molecule has 9 nitrogen and oxygen atoms in total. The molecule has 0 spiro atoms. The van der Waals surface area contributed by atoms with Crippen molar-refractivity contribution in [2.45, 2.75) is 50.6 Å². The molecule has 0 radical (unpaired) electrons. The maximum atomic E-state index is 13.7. The van der Waals surface area contributed by atoms with E-state index in [1.54, 1.807) is 43.6 Å². The van der Waals surface area contributed by atoms with Crippen molar-refractivity contribution in [2.75, 3.05) is 20.8 Å². The number of rotatable bonds is 10. The Bertz CT molecular complexity index is 1140. The number of pyridine rings is 1. The summed E-state index contributed by atoms with van der Waals surface area (Å²) in [6.45, 7) is 0.289. The fourth-order valence-corrected chi connectivity index (χ4v) is 4.99. The number of aromatic nitrogens is 3. The standard InChI is InChI=1S/C26H31N5O4S/c1-34-22-9-8-18(16-23(22)35-2)12-15-31(26(33)21-17-28-36-30-21)24(19-10-13-27-14-11-19)25(32)29-20-6-4-3-5-7-20/h8-11,13-14,16-17,20,24H,3-7,12,15H2,1-2H3,(H,29,32). The van der Waals surface area contributed by atoms with Gasteiger partial charge in [0.05, 0.1) is 32.1 Å². The molecule has 2 aromatic heterocycles. The molecule has 1 fully saturated rings. The first-order valence-electron chi connectivity index (χ1n) is 12.1. The van der Waals surface area contributed by atoms with Crippen molar-refractivity contribution >= 4 is 23.5 Å². The van der Waals surface area contributed by atoms with Crippen LogP contribution in [0.25, 0.3) is 0 Å². The molecule has 36 heavy (non-hydrogen) atoms. The fourth-order valence-electron chi connectivity index (χ4n) is 4.59. The highest BCUT2D eigenvalue weighted by molar-refractivity contribution is 6.99. The lowest BCUT2D eigenvalue weighted by Gasteiger charge is -2.33. The van der Waals surface area contributed by atoms with Crippen LogP contribution in [0.15, 0.2) is 48.9 Å². The summed E-state index contributed by atoms with van der Waals surface area (Å²) in [7, 11) is 3.17. The minimum absolute atomic E-state index is 0.110. The Hall–Kier alpha value is -3.53. The van der Waals surface area contributed by atoms with Crippen LogP contribution in [-0.4, -0.2) is 57.3 Å². The van der Waals surface area contributed by atoms with Crippen molar-refractivity contribution < 1.29 is 19.1 Å². The Balaban J connectivity index is 1.65.